The SMILES string of the molecule is NCCCC[C@H](N)C(=O)c1cc[nH]c1C=O. The van der Waals surface area contributed by atoms with E-state index in [1.807, 2.05) is 0 Å². The van der Waals surface area contributed by atoms with Crippen LogP contribution in [0.5, 0.6) is 0 Å². The predicted octanol–water partition coefficient (Wildman–Crippen LogP) is 0.466. The number of aromatic amines is 1. The van der Waals surface area contributed by atoms with Gasteiger partial charge in [-0.05, 0) is 25.5 Å². The van der Waals surface area contributed by atoms with Crippen molar-refractivity contribution in [1.82, 2.24) is 4.98 Å². The summed E-state index contributed by atoms with van der Waals surface area (Å²) in [5, 5.41) is 0. The largest absolute Gasteiger partial charge is 0.358 e. The molecule has 1 aromatic heterocycles. The van der Waals surface area contributed by atoms with Gasteiger partial charge < -0.3 is 16.5 Å². The Morgan fingerprint density at radius 3 is 2.88 bits per heavy atom. The standard InChI is InChI=1S/C11H17N3O2/c12-5-2-1-3-9(13)11(16)8-4-6-14-10(8)7-15/h4,6-7,9,14H,1-3,5,12-13H2/t9-/m0/s1. The molecule has 16 heavy (non-hydrogen) atoms. The number of aromatic nitrogens is 1. The molecule has 1 atom stereocenters. The number of hydrogen-bond donors (Lipinski definition) is 3. The lowest BCUT2D eigenvalue weighted by atomic mass is 10.0. The van der Waals surface area contributed by atoms with Gasteiger partial charge in [-0.25, -0.2) is 0 Å². The first-order chi connectivity index (χ1) is 7.70. The number of nitrogens with one attached hydrogen (secondary N) is 1. The van der Waals surface area contributed by atoms with Crippen molar-refractivity contribution >= 4 is 12.1 Å². The van der Waals surface area contributed by atoms with Crippen LogP contribution in [0.1, 0.15) is 40.1 Å². The zero-order valence-corrected chi connectivity index (χ0v) is 9.11. The van der Waals surface area contributed by atoms with Gasteiger partial charge in [0.25, 0.3) is 0 Å². The lowest BCUT2D eigenvalue weighted by Gasteiger charge is -2.09. The van der Waals surface area contributed by atoms with E-state index in [-0.39, 0.29) is 5.78 Å². The van der Waals surface area contributed by atoms with E-state index in [1.54, 1.807) is 12.3 Å². The molecule has 5 nitrogen and oxygen atoms in total. The number of carbonyl (C=O) groups excluding carboxylic acids is 2. The van der Waals surface area contributed by atoms with Crippen LogP contribution in [0, 0.1) is 0 Å². The topological polar surface area (TPSA) is 102 Å². The first-order valence-electron chi connectivity index (χ1n) is 5.33. The van der Waals surface area contributed by atoms with E-state index >= 15 is 0 Å². The third kappa shape index (κ3) is 3.01. The summed E-state index contributed by atoms with van der Waals surface area (Å²) < 4.78 is 0. The van der Waals surface area contributed by atoms with Crippen LogP contribution in [-0.4, -0.2) is 29.6 Å². The molecule has 0 aliphatic rings. The highest BCUT2D eigenvalue weighted by molar-refractivity contribution is 6.04. The summed E-state index contributed by atoms with van der Waals surface area (Å²) in [6.45, 7) is 0.602. The van der Waals surface area contributed by atoms with E-state index in [2.05, 4.69) is 4.98 Å². The summed E-state index contributed by atoms with van der Waals surface area (Å²) in [5.41, 5.74) is 11.8. The highest BCUT2D eigenvalue weighted by Crippen LogP contribution is 2.10. The van der Waals surface area contributed by atoms with Crippen molar-refractivity contribution in [3.05, 3.63) is 23.5 Å². The summed E-state index contributed by atoms with van der Waals surface area (Å²) >= 11 is 0. The fourth-order valence-electron chi connectivity index (χ4n) is 1.53. The van der Waals surface area contributed by atoms with Crippen LogP contribution in [0.25, 0.3) is 0 Å². The third-order valence-corrected chi connectivity index (χ3v) is 2.47. The van der Waals surface area contributed by atoms with E-state index in [9.17, 15) is 9.59 Å². The molecular formula is C11H17N3O2. The molecule has 5 N–H and O–H groups in total. The van der Waals surface area contributed by atoms with Crippen molar-refractivity contribution in [3.63, 3.8) is 0 Å². The maximum absolute atomic E-state index is 11.8. The molecule has 0 aromatic carbocycles. The predicted molar refractivity (Wildman–Crippen MR) is 61.4 cm³/mol. The number of ketones is 1. The zero-order valence-electron chi connectivity index (χ0n) is 9.11. The molecule has 0 fully saturated rings. The Hall–Kier alpha value is -1.46. The highest BCUT2D eigenvalue weighted by Gasteiger charge is 2.18. The number of nitrogens with two attached hydrogens (primary N) is 2. The summed E-state index contributed by atoms with van der Waals surface area (Å²) in [4.78, 5) is 25.2. The van der Waals surface area contributed by atoms with Crippen molar-refractivity contribution in [2.45, 2.75) is 25.3 Å². The van der Waals surface area contributed by atoms with Gasteiger partial charge in [-0.3, -0.25) is 9.59 Å². The van der Waals surface area contributed by atoms with Crippen LogP contribution in [0.2, 0.25) is 0 Å². The highest BCUT2D eigenvalue weighted by atomic mass is 16.1. The quantitative estimate of drug-likeness (QED) is 0.355. The Kier molecular flexibility index (Phi) is 4.88. The minimum absolute atomic E-state index is 0.194. The smallest absolute Gasteiger partial charge is 0.181 e. The molecule has 0 saturated heterocycles. The first kappa shape index (κ1) is 12.6. The molecule has 0 saturated carbocycles. The van der Waals surface area contributed by atoms with E-state index < -0.39 is 6.04 Å². The van der Waals surface area contributed by atoms with Crippen molar-refractivity contribution in [1.29, 1.82) is 0 Å². The summed E-state index contributed by atoms with van der Waals surface area (Å²) in [6, 6.07) is 1.02. The monoisotopic (exact) mass is 223 g/mol. The number of aldehydes is 1. The summed E-state index contributed by atoms with van der Waals surface area (Å²) in [6.07, 6.45) is 4.46. The third-order valence-electron chi connectivity index (χ3n) is 2.47. The average molecular weight is 223 g/mol. The number of unbranched alkanes of at least 4 members (excludes halogenated alkanes) is 1. The van der Waals surface area contributed by atoms with Crippen LogP contribution in [0.3, 0.4) is 0 Å². The molecule has 1 heterocycles. The second-order valence-corrected chi connectivity index (χ2v) is 3.68. The van der Waals surface area contributed by atoms with Gasteiger partial charge in [0.2, 0.25) is 0 Å². The Morgan fingerprint density at radius 1 is 1.50 bits per heavy atom. The molecule has 88 valence electrons. The number of H-pyrrole nitrogens is 1. The minimum Gasteiger partial charge on any atom is -0.358 e. The number of carbonyl (C=O) groups is 2. The summed E-state index contributed by atoms with van der Waals surface area (Å²) in [7, 11) is 0. The molecule has 1 aromatic rings. The van der Waals surface area contributed by atoms with Crippen LogP contribution < -0.4 is 11.5 Å². The lowest BCUT2D eigenvalue weighted by Crippen LogP contribution is -2.31. The lowest BCUT2D eigenvalue weighted by molar-refractivity contribution is 0.0950. The van der Waals surface area contributed by atoms with Gasteiger partial charge in [-0.1, -0.05) is 6.42 Å². The van der Waals surface area contributed by atoms with E-state index in [4.69, 9.17) is 11.5 Å². The van der Waals surface area contributed by atoms with Crippen molar-refractivity contribution in [2.75, 3.05) is 6.54 Å². The average Bonchev–Trinajstić information content (AvgIpc) is 2.76. The van der Waals surface area contributed by atoms with Crippen molar-refractivity contribution in [3.8, 4) is 0 Å². The molecule has 5 heteroatoms. The number of hydrogen-bond acceptors (Lipinski definition) is 4. The molecular weight excluding hydrogens is 206 g/mol. The second kappa shape index (κ2) is 6.19. The van der Waals surface area contributed by atoms with E-state index in [0.29, 0.717) is 30.5 Å². The molecule has 0 aliphatic heterocycles. The van der Waals surface area contributed by atoms with E-state index in [0.717, 1.165) is 12.8 Å². The molecule has 1 rings (SSSR count). The number of rotatable bonds is 7. The first-order valence-corrected chi connectivity index (χ1v) is 5.33. The molecule has 0 bridgehead atoms. The van der Waals surface area contributed by atoms with E-state index in [1.165, 1.54) is 0 Å². The van der Waals surface area contributed by atoms with Gasteiger partial charge in [-0.15, -0.1) is 0 Å². The van der Waals surface area contributed by atoms with Gasteiger partial charge in [0.05, 0.1) is 11.7 Å². The van der Waals surface area contributed by atoms with Gasteiger partial charge in [0, 0.05) is 11.8 Å². The Morgan fingerprint density at radius 2 is 2.25 bits per heavy atom. The maximum atomic E-state index is 11.8. The Balaban J connectivity index is 2.59. The summed E-state index contributed by atoms with van der Waals surface area (Å²) in [5.74, 6) is -0.194. The van der Waals surface area contributed by atoms with Crippen LogP contribution in [0.4, 0.5) is 0 Å². The van der Waals surface area contributed by atoms with Gasteiger partial charge >= 0.3 is 0 Å². The van der Waals surface area contributed by atoms with Gasteiger partial charge in [0.15, 0.2) is 12.1 Å². The normalized spacial score (nSPS) is 12.4. The molecule has 0 aliphatic carbocycles. The van der Waals surface area contributed by atoms with Crippen LogP contribution >= 0.6 is 0 Å². The maximum Gasteiger partial charge on any atom is 0.181 e. The second-order valence-electron chi connectivity index (χ2n) is 3.68. The zero-order chi connectivity index (χ0) is 12.0. The van der Waals surface area contributed by atoms with Crippen LogP contribution in [-0.2, 0) is 0 Å². The molecule has 0 amide bonds. The number of Topliss-reactive ketones (excluding diaryl/α,β-unsaturated/α-hetero) is 1. The Labute approximate surface area is 94.2 Å². The fourth-order valence-corrected chi connectivity index (χ4v) is 1.53. The Bertz CT molecular complexity index is 360. The molecule has 0 spiro atoms. The fraction of sp³-hybridized carbons (Fsp3) is 0.455. The van der Waals surface area contributed by atoms with Crippen LogP contribution in [0.15, 0.2) is 12.3 Å². The molecule has 0 unspecified atom stereocenters. The van der Waals surface area contributed by atoms with Crippen molar-refractivity contribution < 1.29 is 9.59 Å². The molecule has 0 radical (unpaired) electrons. The van der Waals surface area contributed by atoms with Crippen molar-refractivity contribution in [2.24, 2.45) is 11.5 Å². The van der Waals surface area contributed by atoms with Gasteiger partial charge in [0.1, 0.15) is 0 Å². The van der Waals surface area contributed by atoms with Gasteiger partial charge in [-0.2, -0.15) is 0 Å². The minimum atomic E-state index is -0.555.